The third kappa shape index (κ3) is 3.42. The highest BCUT2D eigenvalue weighted by Gasteiger charge is 1.96. The van der Waals surface area contributed by atoms with Crippen molar-refractivity contribution in [2.24, 2.45) is 0 Å². The quantitative estimate of drug-likeness (QED) is 0.646. The highest BCUT2D eigenvalue weighted by molar-refractivity contribution is 5.27. The summed E-state index contributed by atoms with van der Waals surface area (Å²) in [7, 11) is 1.60. The molecule has 0 saturated carbocycles. The van der Waals surface area contributed by atoms with Crippen LogP contribution in [-0.2, 0) is 6.42 Å². The zero-order valence-electron chi connectivity index (χ0n) is 7.49. The lowest BCUT2D eigenvalue weighted by Crippen LogP contribution is -3.04. The van der Waals surface area contributed by atoms with Crippen LogP contribution in [-0.4, -0.2) is 18.9 Å². The van der Waals surface area contributed by atoms with Crippen LogP contribution in [0.25, 0.3) is 0 Å². The van der Waals surface area contributed by atoms with Crippen LogP contribution in [0.4, 0.5) is 0 Å². The van der Waals surface area contributed by atoms with Crippen molar-refractivity contribution < 1.29 is 15.2 Å². The van der Waals surface area contributed by atoms with E-state index in [1.165, 1.54) is 0 Å². The van der Waals surface area contributed by atoms with Gasteiger partial charge in [0.05, 0.1) is 7.11 Å². The fraction of sp³-hybridized carbons (Fsp3) is 0.333. The number of hydroxylamine groups is 2. The monoisotopic (exact) mass is 183 g/mol. The SMILES string of the molecule is COc1ccc(CC[NH+]([O-])O)cc1. The van der Waals surface area contributed by atoms with E-state index >= 15 is 0 Å². The molecule has 0 spiro atoms. The van der Waals surface area contributed by atoms with Crippen molar-refractivity contribution in [3.63, 3.8) is 0 Å². The Balaban J connectivity index is 2.49. The molecule has 4 heteroatoms. The fourth-order valence-corrected chi connectivity index (χ4v) is 1.04. The van der Waals surface area contributed by atoms with E-state index in [-0.39, 0.29) is 6.54 Å². The third-order valence-corrected chi connectivity index (χ3v) is 1.79. The van der Waals surface area contributed by atoms with Crippen molar-refractivity contribution in [3.05, 3.63) is 35.0 Å². The van der Waals surface area contributed by atoms with E-state index in [9.17, 15) is 5.21 Å². The van der Waals surface area contributed by atoms with Crippen molar-refractivity contribution in [1.29, 1.82) is 0 Å². The Morgan fingerprint density at radius 1 is 1.38 bits per heavy atom. The standard InChI is InChI=1S/C9H13NO3/c1-13-9-4-2-8(3-5-9)6-7-10(11)12/h2-5,10-11H,6-7H2,1H3. The van der Waals surface area contributed by atoms with Gasteiger partial charge < -0.3 is 9.94 Å². The van der Waals surface area contributed by atoms with Crippen molar-refractivity contribution in [3.8, 4) is 5.75 Å². The van der Waals surface area contributed by atoms with Crippen LogP contribution < -0.4 is 9.96 Å². The van der Waals surface area contributed by atoms with Gasteiger partial charge >= 0.3 is 0 Å². The van der Waals surface area contributed by atoms with E-state index in [0.717, 1.165) is 11.3 Å². The lowest BCUT2D eigenvalue weighted by molar-refractivity contribution is -1.05. The zero-order chi connectivity index (χ0) is 9.68. The Morgan fingerprint density at radius 3 is 2.46 bits per heavy atom. The number of hydrogen-bond acceptors (Lipinski definition) is 3. The van der Waals surface area contributed by atoms with Gasteiger partial charge in [-0.3, -0.25) is 0 Å². The lowest BCUT2D eigenvalue weighted by atomic mass is 10.1. The highest BCUT2D eigenvalue weighted by Crippen LogP contribution is 2.10. The number of benzene rings is 1. The Kier molecular flexibility index (Phi) is 3.70. The molecule has 1 atom stereocenters. The van der Waals surface area contributed by atoms with Gasteiger partial charge in [0.2, 0.25) is 0 Å². The summed E-state index contributed by atoms with van der Waals surface area (Å²) in [5.74, 6) is 0.791. The van der Waals surface area contributed by atoms with Gasteiger partial charge in [0, 0.05) is 6.42 Å². The fourth-order valence-electron chi connectivity index (χ4n) is 1.04. The molecule has 0 amide bonds. The molecule has 1 unspecified atom stereocenters. The summed E-state index contributed by atoms with van der Waals surface area (Å²) in [6.45, 7) is 0.173. The molecule has 72 valence electrons. The molecule has 0 fully saturated rings. The molecule has 1 aromatic rings. The average molecular weight is 183 g/mol. The number of rotatable bonds is 4. The summed E-state index contributed by atoms with van der Waals surface area (Å²) in [4.78, 5) is 0. The topological polar surface area (TPSA) is 57.0 Å². The van der Waals surface area contributed by atoms with Crippen LogP contribution in [0.15, 0.2) is 24.3 Å². The first kappa shape index (κ1) is 9.98. The van der Waals surface area contributed by atoms with Gasteiger partial charge in [-0.25, -0.2) is 10.4 Å². The molecule has 1 aromatic carbocycles. The Bertz CT molecular complexity index is 246. The first-order valence-electron chi connectivity index (χ1n) is 4.07. The predicted octanol–water partition coefficient (Wildman–Crippen LogP) is 0.00960. The van der Waals surface area contributed by atoms with Crippen LogP contribution in [0.3, 0.4) is 0 Å². The minimum absolute atomic E-state index is 0.173. The molecule has 0 heterocycles. The minimum atomic E-state index is -0.768. The normalized spacial score (nSPS) is 12.5. The van der Waals surface area contributed by atoms with Gasteiger partial charge in [-0.1, -0.05) is 12.1 Å². The number of methoxy groups -OCH3 is 1. The summed E-state index contributed by atoms with van der Waals surface area (Å²) in [6, 6.07) is 7.41. The third-order valence-electron chi connectivity index (χ3n) is 1.79. The highest BCUT2D eigenvalue weighted by atomic mass is 16.8. The summed E-state index contributed by atoms with van der Waals surface area (Å²) in [5, 5.41) is 18.0. The van der Waals surface area contributed by atoms with Gasteiger partial charge in [0.25, 0.3) is 0 Å². The molecule has 1 rings (SSSR count). The molecule has 13 heavy (non-hydrogen) atoms. The molecule has 0 aliphatic heterocycles. The van der Waals surface area contributed by atoms with Gasteiger partial charge in [0.1, 0.15) is 12.3 Å². The molecule has 0 radical (unpaired) electrons. The first-order valence-corrected chi connectivity index (χ1v) is 4.07. The van der Waals surface area contributed by atoms with Crippen LogP contribution in [0.1, 0.15) is 5.56 Å². The second-order valence-corrected chi connectivity index (χ2v) is 2.74. The lowest BCUT2D eigenvalue weighted by Gasteiger charge is -2.11. The minimum Gasteiger partial charge on any atom is -0.600 e. The van der Waals surface area contributed by atoms with Crippen LogP contribution in [0.5, 0.6) is 5.75 Å². The van der Waals surface area contributed by atoms with Gasteiger partial charge in [-0.2, -0.15) is 0 Å². The smallest absolute Gasteiger partial charge is 0.118 e. The number of ether oxygens (including phenoxy) is 1. The van der Waals surface area contributed by atoms with Crippen molar-refractivity contribution in [2.75, 3.05) is 13.7 Å². The van der Waals surface area contributed by atoms with E-state index in [0.29, 0.717) is 6.42 Å². The number of quaternary nitrogens is 1. The molecule has 2 N–H and O–H groups in total. The maximum atomic E-state index is 10.3. The van der Waals surface area contributed by atoms with E-state index in [2.05, 4.69) is 0 Å². The molecule has 0 aliphatic carbocycles. The molecule has 0 aliphatic rings. The number of hydrogen-bond donors (Lipinski definition) is 2. The van der Waals surface area contributed by atoms with E-state index in [4.69, 9.17) is 9.94 Å². The maximum Gasteiger partial charge on any atom is 0.118 e. The second kappa shape index (κ2) is 4.81. The van der Waals surface area contributed by atoms with Crippen molar-refractivity contribution in [1.82, 2.24) is 0 Å². The summed E-state index contributed by atoms with van der Waals surface area (Å²) in [5.41, 5.74) is 1.02. The number of nitrogens with one attached hydrogen (secondary N) is 1. The largest absolute Gasteiger partial charge is 0.600 e. The summed E-state index contributed by atoms with van der Waals surface area (Å²) >= 11 is 0. The Morgan fingerprint density at radius 2 is 2.00 bits per heavy atom. The summed E-state index contributed by atoms with van der Waals surface area (Å²) in [6.07, 6.45) is 0.569. The Hall–Kier alpha value is -1.10. The molecule has 0 saturated heterocycles. The van der Waals surface area contributed by atoms with Gasteiger partial charge in [-0.05, 0) is 17.7 Å². The van der Waals surface area contributed by atoms with Crippen LogP contribution >= 0.6 is 0 Å². The van der Waals surface area contributed by atoms with E-state index in [1.54, 1.807) is 7.11 Å². The molecular formula is C9H13NO3. The van der Waals surface area contributed by atoms with Crippen molar-refractivity contribution >= 4 is 0 Å². The second-order valence-electron chi connectivity index (χ2n) is 2.74. The molecule has 4 nitrogen and oxygen atoms in total. The van der Waals surface area contributed by atoms with E-state index < -0.39 is 5.23 Å². The Labute approximate surface area is 76.9 Å². The zero-order valence-corrected chi connectivity index (χ0v) is 7.49. The molecule has 0 bridgehead atoms. The average Bonchev–Trinajstić information content (AvgIpc) is 2.15. The molecule has 0 aromatic heterocycles. The van der Waals surface area contributed by atoms with Crippen LogP contribution in [0, 0.1) is 5.21 Å². The van der Waals surface area contributed by atoms with Gasteiger partial charge in [-0.15, -0.1) is 0 Å². The van der Waals surface area contributed by atoms with Gasteiger partial charge in [0.15, 0.2) is 0 Å². The molecular weight excluding hydrogens is 170 g/mol. The summed E-state index contributed by atoms with van der Waals surface area (Å²) < 4.78 is 4.98. The predicted molar refractivity (Wildman–Crippen MR) is 47.7 cm³/mol. The van der Waals surface area contributed by atoms with Crippen molar-refractivity contribution in [2.45, 2.75) is 6.42 Å². The first-order chi connectivity index (χ1) is 6.22. The van der Waals surface area contributed by atoms with Crippen LogP contribution in [0.2, 0.25) is 0 Å². The maximum absolute atomic E-state index is 10.3. The van der Waals surface area contributed by atoms with E-state index in [1.807, 2.05) is 24.3 Å².